The van der Waals surface area contributed by atoms with Gasteiger partial charge in [0.1, 0.15) is 30.0 Å². The minimum absolute atomic E-state index is 0.0325. The summed E-state index contributed by atoms with van der Waals surface area (Å²) in [5.74, 6) is -0.375. The molecule has 3 amide bonds. The standard InChI is InChI=1S/C30H40N4O5/c1-19(2)18-25(33-29(37)39-30(5,6)7)28(36)34(17-16-31)26(24-11-9-10-20(3)21(24)4)27(35)32-22-12-14-23(38-8)15-13-22/h9-15,19,25-26H,17-18H2,1-8H3,(H,32,35)(H,33,37). The zero-order valence-electron chi connectivity index (χ0n) is 24.1. The number of anilines is 1. The van der Waals surface area contributed by atoms with E-state index in [1.54, 1.807) is 58.2 Å². The topological polar surface area (TPSA) is 121 Å². The van der Waals surface area contributed by atoms with Crippen LogP contribution in [-0.4, -0.2) is 48.1 Å². The molecule has 0 fully saturated rings. The van der Waals surface area contributed by atoms with Crippen molar-refractivity contribution >= 4 is 23.6 Å². The van der Waals surface area contributed by atoms with E-state index < -0.39 is 35.6 Å². The molecule has 39 heavy (non-hydrogen) atoms. The third-order valence-electron chi connectivity index (χ3n) is 6.08. The summed E-state index contributed by atoms with van der Waals surface area (Å²) in [6.07, 6.45) is -0.455. The average Bonchev–Trinajstić information content (AvgIpc) is 2.84. The van der Waals surface area contributed by atoms with Gasteiger partial charge in [0.05, 0.1) is 13.2 Å². The van der Waals surface area contributed by atoms with Gasteiger partial charge in [-0.2, -0.15) is 5.26 Å². The van der Waals surface area contributed by atoms with Gasteiger partial charge >= 0.3 is 6.09 Å². The Morgan fingerprint density at radius 1 is 1.05 bits per heavy atom. The molecule has 9 heteroatoms. The van der Waals surface area contributed by atoms with Gasteiger partial charge < -0.3 is 25.0 Å². The van der Waals surface area contributed by atoms with Crippen LogP contribution in [0, 0.1) is 31.1 Å². The summed E-state index contributed by atoms with van der Waals surface area (Å²) >= 11 is 0. The first kappa shape index (κ1) is 31.2. The van der Waals surface area contributed by atoms with Gasteiger partial charge in [0.15, 0.2) is 0 Å². The van der Waals surface area contributed by atoms with Crippen LogP contribution < -0.4 is 15.4 Å². The maximum Gasteiger partial charge on any atom is 0.408 e. The largest absolute Gasteiger partial charge is 0.497 e. The molecule has 0 aromatic heterocycles. The molecule has 0 bridgehead atoms. The second-order valence-electron chi connectivity index (χ2n) is 10.9. The number of ether oxygens (including phenoxy) is 2. The highest BCUT2D eigenvalue weighted by Crippen LogP contribution is 2.29. The molecule has 2 N–H and O–H groups in total. The highest BCUT2D eigenvalue weighted by atomic mass is 16.6. The van der Waals surface area contributed by atoms with Crippen molar-refractivity contribution in [2.24, 2.45) is 5.92 Å². The number of rotatable bonds is 10. The number of carbonyl (C=O) groups excluding carboxylic acids is 3. The molecule has 2 aromatic carbocycles. The van der Waals surface area contributed by atoms with Crippen LogP contribution in [0.1, 0.15) is 63.8 Å². The van der Waals surface area contributed by atoms with Gasteiger partial charge in [-0.1, -0.05) is 32.0 Å². The van der Waals surface area contributed by atoms with Crippen molar-refractivity contribution < 1.29 is 23.9 Å². The maximum absolute atomic E-state index is 14.0. The van der Waals surface area contributed by atoms with Gasteiger partial charge in [0.25, 0.3) is 5.91 Å². The lowest BCUT2D eigenvalue weighted by Gasteiger charge is -2.34. The number of hydrogen-bond donors (Lipinski definition) is 2. The van der Waals surface area contributed by atoms with Gasteiger partial charge in [-0.3, -0.25) is 9.59 Å². The zero-order chi connectivity index (χ0) is 29.3. The Morgan fingerprint density at radius 2 is 1.69 bits per heavy atom. The van der Waals surface area contributed by atoms with Crippen LogP contribution in [0.25, 0.3) is 0 Å². The maximum atomic E-state index is 14.0. The molecule has 0 saturated carbocycles. The molecule has 0 aliphatic carbocycles. The Morgan fingerprint density at radius 3 is 2.23 bits per heavy atom. The number of carbonyl (C=O) groups is 3. The summed E-state index contributed by atoms with van der Waals surface area (Å²) in [6, 6.07) is 12.2. The number of nitriles is 1. The minimum atomic E-state index is -1.13. The second kappa shape index (κ2) is 13.7. The molecule has 2 unspecified atom stereocenters. The van der Waals surface area contributed by atoms with Gasteiger partial charge in [-0.05, 0) is 87.9 Å². The van der Waals surface area contributed by atoms with Gasteiger partial charge in [0, 0.05) is 5.69 Å². The van der Waals surface area contributed by atoms with E-state index in [1.807, 2.05) is 45.9 Å². The van der Waals surface area contributed by atoms with Crippen molar-refractivity contribution in [1.29, 1.82) is 5.26 Å². The van der Waals surface area contributed by atoms with Crippen molar-refractivity contribution in [3.05, 3.63) is 59.2 Å². The third-order valence-corrected chi connectivity index (χ3v) is 6.08. The Kier molecular flexibility index (Phi) is 10.9. The zero-order valence-corrected chi connectivity index (χ0v) is 24.1. The van der Waals surface area contributed by atoms with Crippen LogP contribution in [0.5, 0.6) is 5.75 Å². The number of aryl methyl sites for hydroxylation is 1. The molecule has 0 aliphatic heterocycles. The van der Waals surface area contributed by atoms with Crippen molar-refractivity contribution in [3.63, 3.8) is 0 Å². The molecule has 9 nitrogen and oxygen atoms in total. The number of alkyl carbamates (subject to hydrolysis) is 1. The Bertz CT molecular complexity index is 1200. The van der Waals surface area contributed by atoms with E-state index in [4.69, 9.17) is 9.47 Å². The molecule has 2 rings (SSSR count). The first-order valence-electron chi connectivity index (χ1n) is 12.9. The molecule has 2 aromatic rings. The molecule has 0 spiro atoms. The molecule has 0 radical (unpaired) electrons. The van der Waals surface area contributed by atoms with Crippen molar-refractivity contribution in [1.82, 2.24) is 10.2 Å². The molecule has 210 valence electrons. The number of benzene rings is 2. The monoisotopic (exact) mass is 536 g/mol. The van der Waals surface area contributed by atoms with Crippen LogP contribution in [0.2, 0.25) is 0 Å². The van der Waals surface area contributed by atoms with Crippen molar-refractivity contribution in [2.75, 3.05) is 19.0 Å². The lowest BCUT2D eigenvalue weighted by atomic mass is 9.94. The van der Waals surface area contributed by atoms with Crippen LogP contribution >= 0.6 is 0 Å². The fraction of sp³-hybridized carbons (Fsp3) is 0.467. The van der Waals surface area contributed by atoms with Crippen LogP contribution in [0.15, 0.2) is 42.5 Å². The predicted octanol–water partition coefficient (Wildman–Crippen LogP) is 5.28. The van der Waals surface area contributed by atoms with E-state index in [9.17, 15) is 19.6 Å². The Balaban J connectivity index is 2.55. The van der Waals surface area contributed by atoms with Gasteiger partial charge in [0.2, 0.25) is 5.91 Å². The predicted molar refractivity (Wildman–Crippen MR) is 150 cm³/mol. The normalized spacial score (nSPS) is 12.6. The van der Waals surface area contributed by atoms with Gasteiger partial charge in [-0.15, -0.1) is 0 Å². The first-order valence-corrected chi connectivity index (χ1v) is 12.9. The van der Waals surface area contributed by atoms with E-state index in [0.717, 1.165) is 11.1 Å². The van der Waals surface area contributed by atoms with E-state index in [2.05, 4.69) is 10.6 Å². The van der Waals surface area contributed by atoms with Gasteiger partial charge in [-0.25, -0.2) is 4.79 Å². The summed E-state index contributed by atoms with van der Waals surface area (Å²) in [7, 11) is 1.55. The van der Waals surface area contributed by atoms with Crippen LogP contribution in [0.3, 0.4) is 0 Å². The lowest BCUT2D eigenvalue weighted by Crippen LogP contribution is -2.53. The van der Waals surface area contributed by atoms with Crippen molar-refractivity contribution in [3.8, 4) is 11.8 Å². The minimum Gasteiger partial charge on any atom is -0.497 e. The highest BCUT2D eigenvalue weighted by Gasteiger charge is 2.37. The molecule has 0 saturated heterocycles. The number of nitrogens with one attached hydrogen (secondary N) is 2. The van der Waals surface area contributed by atoms with Crippen molar-refractivity contribution in [2.45, 2.75) is 72.6 Å². The van der Waals surface area contributed by atoms with Crippen LogP contribution in [0.4, 0.5) is 10.5 Å². The molecule has 0 heterocycles. The number of nitrogens with zero attached hydrogens (tertiary/aromatic N) is 2. The van der Waals surface area contributed by atoms with Crippen LogP contribution in [-0.2, 0) is 14.3 Å². The SMILES string of the molecule is COc1ccc(NC(=O)C(c2cccc(C)c2C)N(CC#N)C(=O)C(CC(C)C)NC(=O)OC(C)(C)C)cc1. The number of hydrogen-bond acceptors (Lipinski definition) is 6. The Labute approximate surface area is 231 Å². The van der Waals surface area contributed by atoms with E-state index >= 15 is 0 Å². The number of amides is 3. The summed E-state index contributed by atoms with van der Waals surface area (Å²) in [6.45, 7) is 12.5. The van der Waals surface area contributed by atoms with E-state index in [-0.39, 0.29) is 12.5 Å². The summed E-state index contributed by atoms with van der Waals surface area (Å²) in [5.41, 5.74) is 2.09. The summed E-state index contributed by atoms with van der Waals surface area (Å²) in [5, 5.41) is 15.3. The molecular formula is C30H40N4O5. The van der Waals surface area contributed by atoms with E-state index in [1.165, 1.54) is 4.90 Å². The molecular weight excluding hydrogens is 496 g/mol. The second-order valence-corrected chi connectivity index (χ2v) is 10.9. The first-order chi connectivity index (χ1) is 18.3. The summed E-state index contributed by atoms with van der Waals surface area (Å²) < 4.78 is 10.6. The fourth-order valence-electron chi connectivity index (χ4n) is 4.12. The number of methoxy groups -OCH3 is 1. The smallest absolute Gasteiger partial charge is 0.408 e. The quantitative estimate of drug-likeness (QED) is 0.399. The molecule has 2 atom stereocenters. The fourth-order valence-corrected chi connectivity index (χ4v) is 4.12. The molecule has 0 aliphatic rings. The van der Waals surface area contributed by atoms with E-state index in [0.29, 0.717) is 23.4 Å². The lowest BCUT2D eigenvalue weighted by molar-refractivity contribution is -0.140. The highest BCUT2D eigenvalue weighted by molar-refractivity contribution is 5.99. The Hall–Kier alpha value is -4.06. The average molecular weight is 537 g/mol. The third kappa shape index (κ3) is 9.02. The summed E-state index contributed by atoms with van der Waals surface area (Å²) in [4.78, 5) is 41.7.